The van der Waals surface area contributed by atoms with Crippen LogP contribution in [0.25, 0.3) is 0 Å². The van der Waals surface area contributed by atoms with Crippen LogP contribution in [-0.2, 0) is 4.79 Å². The number of carbonyl (C=O) groups excluding carboxylic acids is 1. The molecule has 0 spiro atoms. The van der Waals surface area contributed by atoms with Gasteiger partial charge in [-0.25, -0.2) is 0 Å². The van der Waals surface area contributed by atoms with Crippen molar-refractivity contribution in [3.8, 4) is 0 Å². The Labute approximate surface area is 114 Å². The third-order valence-corrected chi connectivity index (χ3v) is 2.93. The van der Waals surface area contributed by atoms with E-state index in [2.05, 4.69) is 32.6 Å². The first-order valence-electron chi connectivity index (χ1n) is 7.49. The Bertz CT molecular complexity index is 219. The molecule has 0 unspecified atom stereocenters. The van der Waals surface area contributed by atoms with Gasteiger partial charge in [0, 0.05) is 39.1 Å². The molecule has 0 bridgehead atoms. The molecule has 1 heterocycles. The van der Waals surface area contributed by atoms with Crippen LogP contribution in [0.2, 0.25) is 0 Å². The van der Waals surface area contributed by atoms with Crippen molar-refractivity contribution in [2.75, 3.05) is 32.7 Å². The number of amides is 1. The van der Waals surface area contributed by atoms with Crippen molar-refractivity contribution >= 4 is 5.91 Å². The number of nitrogens with zero attached hydrogens (tertiary/aromatic N) is 2. The summed E-state index contributed by atoms with van der Waals surface area (Å²) in [6.07, 6.45) is 0.699. The number of hydrogen-bond donors (Lipinski definition) is 0. The Morgan fingerprint density at radius 1 is 0.944 bits per heavy atom. The number of carbonyl (C=O) groups is 1. The monoisotopic (exact) mass is 256 g/mol. The van der Waals surface area contributed by atoms with Gasteiger partial charge in [0.2, 0.25) is 5.91 Å². The van der Waals surface area contributed by atoms with Gasteiger partial charge in [0.1, 0.15) is 0 Å². The van der Waals surface area contributed by atoms with E-state index in [1.807, 2.05) is 18.7 Å². The molecule has 0 aromatic carbocycles. The quantitative estimate of drug-likeness (QED) is 0.772. The molecular weight excluding hydrogens is 224 g/mol. The minimum atomic E-state index is 0.333. The fourth-order valence-corrected chi connectivity index (χ4v) is 2.17. The lowest BCUT2D eigenvalue weighted by Crippen LogP contribution is -2.49. The van der Waals surface area contributed by atoms with Gasteiger partial charge in [-0.05, 0) is 11.8 Å². The summed E-state index contributed by atoms with van der Waals surface area (Å²) in [5.74, 6) is 1.53. The van der Waals surface area contributed by atoms with Crippen molar-refractivity contribution in [1.82, 2.24) is 9.80 Å². The Hall–Kier alpha value is -0.570. The van der Waals surface area contributed by atoms with Gasteiger partial charge in [0.05, 0.1) is 0 Å². The predicted molar refractivity (Wildman–Crippen MR) is 78.7 cm³/mol. The van der Waals surface area contributed by atoms with Gasteiger partial charge in [-0.3, -0.25) is 9.69 Å². The van der Waals surface area contributed by atoms with Crippen LogP contribution >= 0.6 is 0 Å². The second-order valence-corrected chi connectivity index (χ2v) is 5.67. The van der Waals surface area contributed by atoms with E-state index < -0.39 is 0 Å². The van der Waals surface area contributed by atoms with Crippen LogP contribution in [0.15, 0.2) is 0 Å². The summed E-state index contributed by atoms with van der Waals surface area (Å²) in [4.78, 5) is 16.3. The molecule has 1 aliphatic rings. The molecule has 0 saturated carbocycles. The van der Waals surface area contributed by atoms with Crippen molar-refractivity contribution < 1.29 is 4.79 Å². The van der Waals surface area contributed by atoms with E-state index in [1.165, 1.54) is 0 Å². The lowest BCUT2D eigenvalue weighted by molar-refractivity contribution is -0.133. The van der Waals surface area contributed by atoms with Crippen LogP contribution in [0.3, 0.4) is 0 Å². The minimum absolute atomic E-state index is 0.333. The average molecular weight is 256 g/mol. The summed E-state index contributed by atoms with van der Waals surface area (Å²) in [7, 11) is 0. The van der Waals surface area contributed by atoms with Crippen molar-refractivity contribution in [3.05, 3.63) is 0 Å². The van der Waals surface area contributed by atoms with Gasteiger partial charge in [0.15, 0.2) is 0 Å². The van der Waals surface area contributed by atoms with Crippen molar-refractivity contribution in [2.45, 2.75) is 48.0 Å². The third kappa shape index (κ3) is 7.00. The fourth-order valence-electron chi connectivity index (χ4n) is 2.17. The lowest BCUT2D eigenvalue weighted by Gasteiger charge is -2.35. The smallest absolute Gasteiger partial charge is 0.222 e. The maximum atomic E-state index is 11.8. The van der Waals surface area contributed by atoms with Crippen LogP contribution < -0.4 is 0 Å². The largest absolute Gasteiger partial charge is 0.340 e. The van der Waals surface area contributed by atoms with E-state index in [0.29, 0.717) is 18.2 Å². The summed E-state index contributed by atoms with van der Waals surface area (Å²) in [5.41, 5.74) is 0. The molecule has 3 nitrogen and oxygen atoms in total. The maximum absolute atomic E-state index is 11.8. The van der Waals surface area contributed by atoms with E-state index >= 15 is 0 Å². The average Bonchev–Trinajstić information content (AvgIpc) is 2.31. The van der Waals surface area contributed by atoms with Gasteiger partial charge in [-0.15, -0.1) is 0 Å². The fraction of sp³-hybridized carbons (Fsp3) is 0.933. The Balaban J connectivity index is 0.00000137. The van der Waals surface area contributed by atoms with Crippen LogP contribution in [0.1, 0.15) is 48.0 Å². The lowest BCUT2D eigenvalue weighted by atomic mass is 10.1. The van der Waals surface area contributed by atoms with Crippen molar-refractivity contribution in [2.24, 2.45) is 11.8 Å². The van der Waals surface area contributed by atoms with Gasteiger partial charge in [0.25, 0.3) is 0 Å². The van der Waals surface area contributed by atoms with Crippen LogP contribution in [0.4, 0.5) is 0 Å². The molecule has 0 aromatic heterocycles. The second-order valence-electron chi connectivity index (χ2n) is 5.67. The van der Waals surface area contributed by atoms with Crippen molar-refractivity contribution in [1.29, 1.82) is 0 Å². The minimum Gasteiger partial charge on any atom is -0.340 e. The predicted octanol–water partition coefficient (Wildman–Crippen LogP) is 2.86. The molecule has 0 aromatic rings. The summed E-state index contributed by atoms with van der Waals surface area (Å²) < 4.78 is 0. The third-order valence-electron chi connectivity index (χ3n) is 2.93. The molecule has 0 aliphatic carbocycles. The first kappa shape index (κ1) is 17.4. The molecule has 108 valence electrons. The zero-order chi connectivity index (χ0) is 14.1. The van der Waals surface area contributed by atoms with E-state index in [4.69, 9.17) is 0 Å². The highest BCUT2D eigenvalue weighted by Crippen LogP contribution is 2.09. The molecule has 0 radical (unpaired) electrons. The summed E-state index contributed by atoms with van der Waals surface area (Å²) >= 11 is 0. The van der Waals surface area contributed by atoms with E-state index in [1.54, 1.807) is 0 Å². The Morgan fingerprint density at radius 2 is 1.44 bits per heavy atom. The number of rotatable bonds is 4. The highest BCUT2D eigenvalue weighted by Gasteiger charge is 2.21. The SMILES string of the molecule is CC.CC(C)CC(=O)N1CCN(CC(C)C)CC1. The van der Waals surface area contributed by atoms with Gasteiger partial charge >= 0.3 is 0 Å². The molecule has 1 aliphatic heterocycles. The summed E-state index contributed by atoms with van der Waals surface area (Å²) in [5, 5.41) is 0. The Morgan fingerprint density at radius 3 is 1.83 bits per heavy atom. The molecule has 3 heteroatoms. The number of piperazine rings is 1. The van der Waals surface area contributed by atoms with Crippen LogP contribution in [-0.4, -0.2) is 48.4 Å². The van der Waals surface area contributed by atoms with Gasteiger partial charge < -0.3 is 4.90 Å². The van der Waals surface area contributed by atoms with Gasteiger partial charge in [-0.2, -0.15) is 0 Å². The summed E-state index contributed by atoms with van der Waals surface area (Å²) in [6.45, 7) is 17.8. The normalized spacial score (nSPS) is 16.8. The van der Waals surface area contributed by atoms with Crippen molar-refractivity contribution in [3.63, 3.8) is 0 Å². The standard InChI is InChI=1S/C13H26N2O.C2H6/c1-11(2)9-13(16)15-7-5-14(6-8-15)10-12(3)4;1-2/h11-12H,5-10H2,1-4H3;1-2H3. The molecule has 1 rings (SSSR count). The van der Waals surface area contributed by atoms with Gasteiger partial charge in [-0.1, -0.05) is 41.5 Å². The first-order chi connectivity index (χ1) is 8.49. The molecule has 18 heavy (non-hydrogen) atoms. The maximum Gasteiger partial charge on any atom is 0.222 e. The zero-order valence-corrected chi connectivity index (χ0v) is 13.2. The highest BCUT2D eigenvalue weighted by molar-refractivity contribution is 5.76. The molecule has 1 fully saturated rings. The van der Waals surface area contributed by atoms with E-state index in [-0.39, 0.29) is 0 Å². The number of hydrogen-bond acceptors (Lipinski definition) is 2. The van der Waals surface area contributed by atoms with E-state index in [9.17, 15) is 4.79 Å². The second kappa shape index (κ2) is 9.37. The Kier molecular flexibility index (Phi) is 9.08. The molecular formula is C15H32N2O. The first-order valence-corrected chi connectivity index (χ1v) is 7.49. The topological polar surface area (TPSA) is 23.6 Å². The van der Waals surface area contributed by atoms with Crippen LogP contribution in [0, 0.1) is 11.8 Å². The molecule has 1 amide bonds. The van der Waals surface area contributed by atoms with E-state index in [0.717, 1.165) is 38.6 Å². The zero-order valence-electron chi connectivity index (χ0n) is 13.2. The molecule has 0 N–H and O–H groups in total. The summed E-state index contributed by atoms with van der Waals surface area (Å²) in [6, 6.07) is 0. The highest BCUT2D eigenvalue weighted by atomic mass is 16.2. The molecule has 0 atom stereocenters. The van der Waals surface area contributed by atoms with Crippen LogP contribution in [0.5, 0.6) is 0 Å². The molecule has 1 saturated heterocycles.